The highest BCUT2D eigenvalue weighted by molar-refractivity contribution is 5.80. The first-order valence-electron chi connectivity index (χ1n) is 6.24. The summed E-state index contributed by atoms with van der Waals surface area (Å²) in [5, 5.41) is 3.16. The largest absolute Gasteiger partial charge is 0.349 e. The molecule has 1 heterocycles. The van der Waals surface area contributed by atoms with Crippen molar-refractivity contribution < 1.29 is 4.79 Å². The Kier molecular flexibility index (Phi) is 1.58. The molecule has 2 heteroatoms. The van der Waals surface area contributed by atoms with Crippen LogP contribution >= 0.6 is 0 Å². The van der Waals surface area contributed by atoms with Crippen molar-refractivity contribution in [3.05, 3.63) is 34.9 Å². The van der Waals surface area contributed by atoms with Gasteiger partial charge in [-0.1, -0.05) is 18.2 Å². The molecular weight excluding hydrogens is 198 g/mol. The molecule has 0 radical (unpaired) electrons. The second-order valence-electron chi connectivity index (χ2n) is 5.41. The summed E-state index contributed by atoms with van der Waals surface area (Å²) in [5.41, 5.74) is 4.48. The van der Waals surface area contributed by atoms with Crippen molar-refractivity contribution in [1.29, 1.82) is 0 Å². The van der Waals surface area contributed by atoms with Gasteiger partial charge in [0.25, 0.3) is 0 Å². The van der Waals surface area contributed by atoms with Gasteiger partial charge < -0.3 is 5.32 Å². The fourth-order valence-electron chi connectivity index (χ4n) is 3.43. The molecule has 0 spiro atoms. The number of rotatable bonds is 1. The number of hydrogen-bond acceptors (Lipinski definition) is 1. The Labute approximate surface area is 95.0 Å². The number of nitrogens with one attached hydrogen (secondary N) is 1. The summed E-state index contributed by atoms with van der Waals surface area (Å²) in [6.45, 7) is 0. The fraction of sp³-hybridized carbons (Fsp3) is 0.500. The minimum absolute atomic E-state index is 0.242. The quantitative estimate of drug-likeness (QED) is 0.762. The monoisotopic (exact) mass is 213 g/mol. The normalized spacial score (nSPS) is 31.1. The highest BCUT2D eigenvalue weighted by atomic mass is 16.2. The van der Waals surface area contributed by atoms with Gasteiger partial charge in [-0.25, -0.2) is 0 Å². The van der Waals surface area contributed by atoms with Gasteiger partial charge in [0.1, 0.15) is 0 Å². The van der Waals surface area contributed by atoms with Gasteiger partial charge in [0, 0.05) is 6.42 Å². The van der Waals surface area contributed by atoms with Crippen LogP contribution in [0.5, 0.6) is 0 Å². The number of hydrogen-bond donors (Lipinski definition) is 1. The van der Waals surface area contributed by atoms with E-state index in [9.17, 15) is 4.79 Å². The maximum absolute atomic E-state index is 11.5. The zero-order valence-corrected chi connectivity index (χ0v) is 9.20. The van der Waals surface area contributed by atoms with Gasteiger partial charge >= 0.3 is 0 Å². The van der Waals surface area contributed by atoms with Crippen LogP contribution in [0.2, 0.25) is 0 Å². The second-order valence-corrected chi connectivity index (χ2v) is 5.41. The van der Waals surface area contributed by atoms with Crippen molar-refractivity contribution in [2.45, 2.75) is 37.6 Å². The lowest BCUT2D eigenvalue weighted by Gasteiger charge is -2.14. The topological polar surface area (TPSA) is 29.1 Å². The van der Waals surface area contributed by atoms with Crippen LogP contribution in [0.3, 0.4) is 0 Å². The van der Waals surface area contributed by atoms with Crippen LogP contribution in [0.25, 0.3) is 0 Å². The molecule has 1 saturated heterocycles. The lowest BCUT2D eigenvalue weighted by molar-refractivity contribution is -0.119. The average Bonchev–Trinajstić information content (AvgIpc) is 2.96. The molecule has 1 aromatic rings. The number of benzene rings is 1. The van der Waals surface area contributed by atoms with Gasteiger partial charge in [-0.2, -0.15) is 0 Å². The molecule has 0 bridgehead atoms. The highest BCUT2D eigenvalue weighted by Crippen LogP contribution is 2.49. The van der Waals surface area contributed by atoms with E-state index in [2.05, 4.69) is 23.5 Å². The third-order valence-corrected chi connectivity index (χ3v) is 4.28. The highest BCUT2D eigenvalue weighted by Gasteiger charge is 2.42. The Morgan fingerprint density at radius 3 is 2.88 bits per heavy atom. The summed E-state index contributed by atoms with van der Waals surface area (Å²) in [7, 11) is 0. The van der Waals surface area contributed by atoms with Crippen LogP contribution in [0.15, 0.2) is 18.2 Å². The lowest BCUT2D eigenvalue weighted by Crippen LogP contribution is -2.19. The predicted molar refractivity (Wildman–Crippen MR) is 61.1 cm³/mol. The molecule has 3 aliphatic rings. The van der Waals surface area contributed by atoms with Crippen LogP contribution in [-0.2, 0) is 11.2 Å². The summed E-state index contributed by atoms with van der Waals surface area (Å²) < 4.78 is 0. The third-order valence-electron chi connectivity index (χ3n) is 4.28. The van der Waals surface area contributed by atoms with E-state index in [4.69, 9.17) is 0 Å². The first-order chi connectivity index (χ1) is 7.83. The predicted octanol–water partition coefficient (Wildman–Crippen LogP) is 2.30. The minimum Gasteiger partial charge on any atom is -0.349 e. The number of amides is 1. The van der Waals surface area contributed by atoms with Gasteiger partial charge in [-0.05, 0) is 47.8 Å². The molecular formula is C14H15NO. The molecule has 16 heavy (non-hydrogen) atoms. The van der Waals surface area contributed by atoms with Crippen molar-refractivity contribution in [3.8, 4) is 0 Å². The van der Waals surface area contributed by atoms with Gasteiger partial charge in [-0.15, -0.1) is 0 Å². The van der Waals surface area contributed by atoms with Crippen molar-refractivity contribution in [3.63, 3.8) is 0 Å². The molecule has 1 aliphatic heterocycles. The lowest BCUT2D eigenvalue weighted by atomic mass is 9.96. The maximum Gasteiger partial charge on any atom is 0.220 e. The average molecular weight is 213 g/mol. The smallest absolute Gasteiger partial charge is 0.220 e. The van der Waals surface area contributed by atoms with E-state index in [0.29, 0.717) is 12.0 Å². The first-order valence-corrected chi connectivity index (χ1v) is 6.24. The van der Waals surface area contributed by atoms with Crippen molar-refractivity contribution in [2.75, 3.05) is 0 Å². The van der Waals surface area contributed by atoms with Crippen molar-refractivity contribution >= 4 is 5.91 Å². The Balaban J connectivity index is 1.84. The first kappa shape index (κ1) is 8.80. The molecule has 2 fully saturated rings. The molecule has 1 N–H and O–H groups in total. The van der Waals surface area contributed by atoms with Gasteiger partial charge in [0.15, 0.2) is 0 Å². The van der Waals surface area contributed by atoms with Crippen LogP contribution in [0, 0.1) is 5.92 Å². The van der Waals surface area contributed by atoms with Gasteiger partial charge in [0.05, 0.1) is 6.04 Å². The van der Waals surface area contributed by atoms with Crippen LogP contribution < -0.4 is 5.32 Å². The van der Waals surface area contributed by atoms with Crippen molar-refractivity contribution in [1.82, 2.24) is 5.32 Å². The summed E-state index contributed by atoms with van der Waals surface area (Å²) in [6.07, 6.45) is 4.49. The summed E-state index contributed by atoms with van der Waals surface area (Å²) in [4.78, 5) is 11.5. The molecule has 2 unspecified atom stereocenters. The fourth-order valence-corrected chi connectivity index (χ4v) is 3.43. The summed E-state index contributed by atoms with van der Waals surface area (Å²) >= 11 is 0. The third kappa shape index (κ3) is 1.10. The molecule has 2 nitrogen and oxygen atoms in total. The van der Waals surface area contributed by atoms with E-state index in [1.807, 2.05) is 0 Å². The van der Waals surface area contributed by atoms with E-state index in [-0.39, 0.29) is 5.91 Å². The standard InChI is InChI=1S/C14H15NO/c16-12-7-10-6-9-2-1-3-11(8-4-5-8)13(9)14(10)15-12/h1-3,8,10,14H,4-7H2,(H,15,16). The molecule has 82 valence electrons. The SMILES string of the molecule is O=C1CC2Cc3cccc(C4CC4)c3C2N1. The number of carbonyl (C=O) groups is 1. The molecule has 1 saturated carbocycles. The zero-order chi connectivity index (χ0) is 10.7. The Morgan fingerprint density at radius 2 is 2.06 bits per heavy atom. The Morgan fingerprint density at radius 1 is 1.19 bits per heavy atom. The number of carbonyl (C=O) groups excluding carboxylic acids is 1. The Bertz CT molecular complexity index is 476. The van der Waals surface area contributed by atoms with E-state index < -0.39 is 0 Å². The maximum atomic E-state index is 11.5. The number of fused-ring (bicyclic) bond motifs is 3. The summed E-state index contributed by atoms with van der Waals surface area (Å²) in [5.74, 6) is 1.56. The van der Waals surface area contributed by atoms with Crippen LogP contribution in [-0.4, -0.2) is 5.91 Å². The van der Waals surface area contributed by atoms with Gasteiger partial charge in [-0.3, -0.25) is 4.79 Å². The minimum atomic E-state index is 0.242. The molecule has 2 aliphatic carbocycles. The second kappa shape index (κ2) is 2.88. The van der Waals surface area contributed by atoms with Crippen LogP contribution in [0.4, 0.5) is 0 Å². The van der Waals surface area contributed by atoms with E-state index in [0.717, 1.165) is 18.8 Å². The van der Waals surface area contributed by atoms with E-state index in [1.54, 1.807) is 0 Å². The van der Waals surface area contributed by atoms with Crippen molar-refractivity contribution in [2.24, 2.45) is 5.92 Å². The summed E-state index contributed by atoms with van der Waals surface area (Å²) in [6, 6.07) is 7.03. The molecule has 4 rings (SSSR count). The molecule has 1 amide bonds. The zero-order valence-electron chi connectivity index (χ0n) is 9.20. The Hall–Kier alpha value is -1.31. The van der Waals surface area contributed by atoms with E-state index >= 15 is 0 Å². The van der Waals surface area contributed by atoms with Crippen LogP contribution in [0.1, 0.15) is 47.9 Å². The molecule has 1 aromatic carbocycles. The van der Waals surface area contributed by atoms with Gasteiger partial charge in [0.2, 0.25) is 5.91 Å². The molecule has 0 aromatic heterocycles. The molecule has 2 atom stereocenters. The van der Waals surface area contributed by atoms with E-state index in [1.165, 1.54) is 29.5 Å².